The molecule has 0 saturated heterocycles. The molecule has 0 aliphatic heterocycles. The molecule has 2 N–H and O–H groups in total. The molecule has 0 aliphatic rings. The predicted octanol–water partition coefficient (Wildman–Crippen LogP) is 3.88. The van der Waals surface area contributed by atoms with Crippen molar-refractivity contribution < 1.29 is 17.6 Å². The zero-order valence-electron chi connectivity index (χ0n) is 12.3. The first-order chi connectivity index (χ1) is 9.80. The minimum absolute atomic E-state index is 0.214. The van der Waals surface area contributed by atoms with Crippen molar-refractivity contribution in [2.45, 2.75) is 44.9 Å². The maximum absolute atomic E-state index is 14.0. The zero-order chi connectivity index (χ0) is 16.0. The first kappa shape index (κ1) is 17.9. The van der Waals surface area contributed by atoms with Crippen LogP contribution in [-0.2, 0) is 0 Å². The largest absolute Gasteiger partial charge is 0.401 e. The Morgan fingerprint density at radius 1 is 1.19 bits per heavy atom. The third-order valence-electron chi connectivity index (χ3n) is 3.39. The summed E-state index contributed by atoms with van der Waals surface area (Å²) in [5.74, 6) is -0.519. The second-order valence-electron chi connectivity index (χ2n) is 5.12. The number of hydrogen-bond acceptors (Lipinski definition) is 2. The van der Waals surface area contributed by atoms with Gasteiger partial charge in [0.25, 0.3) is 0 Å². The molecule has 2 unspecified atom stereocenters. The van der Waals surface area contributed by atoms with Crippen molar-refractivity contribution in [3.63, 3.8) is 0 Å². The SMILES string of the molecule is CCCN(CC(F)(F)F)C(c1ccccc1F)C(N)CC. The molecule has 0 radical (unpaired) electrons. The predicted molar refractivity (Wildman–Crippen MR) is 75.3 cm³/mol. The van der Waals surface area contributed by atoms with Gasteiger partial charge in [-0.2, -0.15) is 13.2 Å². The molecule has 21 heavy (non-hydrogen) atoms. The molecule has 1 rings (SSSR count). The van der Waals surface area contributed by atoms with Crippen LogP contribution < -0.4 is 5.73 Å². The van der Waals surface area contributed by atoms with Gasteiger partial charge in [-0.25, -0.2) is 4.39 Å². The monoisotopic (exact) mass is 306 g/mol. The minimum atomic E-state index is -4.34. The fourth-order valence-electron chi connectivity index (χ4n) is 2.47. The molecule has 0 bridgehead atoms. The molecule has 0 heterocycles. The summed E-state index contributed by atoms with van der Waals surface area (Å²) in [5, 5.41) is 0. The quantitative estimate of drug-likeness (QED) is 0.775. The van der Waals surface area contributed by atoms with E-state index in [2.05, 4.69) is 0 Å². The Hall–Kier alpha value is -1.14. The van der Waals surface area contributed by atoms with Crippen LogP contribution in [0.2, 0.25) is 0 Å². The smallest absolute Gasteiger partial charge is 0.326 e. The normalized spacial score (nSPS) is 15.2. The van der Waals surface area contributed by atoms with Crippen LogP contribution in [0, 0.1) is 5.82 Å². The van der Waals surface area contributed by atoms with E-state index in [1.807, 2.05) is 0 Å². The van der Waals surface area contributed by atoms with E-state index in [4.69, 9.17) is 5.73 Å². The lowest BCUT2D eigenvalue weighted by Crippen LogP contribution is -2.45. The molecular formula is C15H22F4N2. The Bertz CT molecular complexity index is 434. The van der Waals surface area contributed by atoms with Crippen LogP contribution in [0.15, 0.2) is 24.3 Å². The van der Waals surface area contributed by atoms with E-state index < -0.39 is 30.6 Å². The van der Waals surface area contributed by atoms with Crippen molar-refractivity contribution in [3.05, 3.63) is 35.6 Å². The van der Waals surface area contributed by atoms with Crippen molar-refractivity contribution >= 4 is 0 Å². The molecule has 0 amide bonds. The Balaban J connectivity index is 3.17. The zero-order valence-corrected chi connectivity index (χ0v) is 12.3. The highest BCUT2D eigenvalue weighted by molar-refractivity contribution is 5.23. The standard InChI is InChI=1S/C15H22F4N2/c1-3-9-21(10-15(17,18)19)14(13(20)4-2)11-7-5-6-8-12(11)16/h5-8,13-14H,3-4,9-10,20H2,1-2H3. The minimum Gasteiger partial charge on any atom is -0.326 e. The van der Waals surface area contributed by atoms with Gasteiger partial charge >= 0.3 is 6.18 Å². The Morgan fingerprint density at radius 3 is 2.29 bits per heavy atom. The third kappa shape index (κ3) is 5.28. The third-order valence-corrected chi connectivity index (χ3v) is 3.39. The number of rotatable bonds is 7. The molecule has 0 aliphatic carbocycles. The summed E-state index contributed by atoms with van der Waals surface area (Å²) in [6.07, 6.45) is -3.33. The Kier molecular flexibility index (Phi) is 6.61. The van der Waals surface area contributed by atoms with Crippen molar-refractivity contribution in [2.24, 2.45) is 5.73 Å². The van der Waals surface area contributed by atoms with E-state index in [0.29, 0.717) is 12.8 Å². The van der Waals surface area contributed by atoms with E-state index in [1.165, 1.54) is 23.1 Å². The molecule has 120 valence electrons. The summed E-state index contributed by atoms with van der Waals surface area (Å²) in [4.78, 5) is 1.23. The number of hydrogen-bond donors (Lipinski definition) is 1. The summed E-state index contributed by atoms with van der Waals surface area (Å²) in [6.45, 7) is 2.70. The molecule has 2 atom stereocenters. The van der Waals surface area contributed by atoms with Crippen molar-refractivity contribution in [3.8, 4) is 0 Å². The van der Waals surface area contributed by atoms with Crippen LogP contribution in [0.5, 0.6) is 0 Å². The van der Waals surface area contributed by atoms with E-state index in [0.717, 1.165) is 0 Å². The highest BCUT2D eigenvalue weighted by Gasteiger charge is 2.36. The van der Waals surface area contributed by atoms with E-state index >= 15 is 0 Å². The maximum atomic E-state index is 14.0. The fourth-order valence-corrected chi connectivity index (χ4v) is 2.47. The summed E-state index contributed by atoms with van der Waals surface area (Å²) >= 11 is 0. The molecule has 0 spiro atoms. The summed E-state index contributed by atoms with van der Waals surface area (Å²) in [5.41, 5.74) is 6.22. The van der Waals surface area contributed by atoms with Gasteiger partial charge in [-0.1, -0.05) is 32.0 Å². The van der Waals surface area contributed by atoms with Gasteiger partial charge in [0.2, 0.25) is 0 Å². The van der Waals surface area contributed by atoms with Crippen LogP contribution >= 0.6 is 0 Å². The molecular weight excluding hydrogens is 284 g/mol. The van der Waals surface area contributed by atoms with Crippen molar-refractivity contribution in [2.75, 3.05) is 13.1 Å². The van der Waals surface area contributed by atoms with Gasteiger partial charge in [-0.15, -0.1) is 0 Å². The number of halogens is 4. The molecule has 6 heteroatoms. The van der Waals surface area contributed by atoms with Gasteiger partial charge in [0.15, 0.2) is 0 Å². The summed E-state index contributed by atoms with van der Waals surface area (Å²) in [6, 6.07) is 4.55. The van der Waals surface area contributed by atoms with Crippen LogP contribution in [-0.4, -0.2) is 30.2 Å². The van der Waals surface area contributed by atoms with E-state index in [-0.39, 0.29) is 12.1 Å². The lowest BCUT2D eigenvalue weighted by molar-refractivity contribution is -0.152. The number of alkyl halides is 3. The highest BCUT2D eigenvalue weighted by atomic mass is 19.4. The van der Waals surface area contributed by atoms with Crippen LogP contribution in [0.1, 0.15) is 38.3 Å². The lowest BCUT2D eigenvalue weighted by atomic mass is 9.95. The molecule has 1 aromatic carbocycles. The van der Waals surface area contributed by atoms with Gasteiger partial charge in [0, 0.05) is 11.6 Å². The van der Waals surface area contributed by atoms with Crippen LogP contribution in [0.4, 0.5) is 17.6 Å². The topological polar surface area (TPSA) is 29.3 Å². The first-order valence-corrected chi connectivity index (χ1v) is 7.11. The molecule has 0 fully saturated rings. The van der Waals surface area contributed by atoms with E-state index in [1.54, 1.807) is 19.9 Å². The van der Waals surface area contributed by atoms with Gasteiger partial charge in [-0.3, -0.25) is 4.90 Å². The van der Waals surface area contributed by atoms with Gasteiger partial charge in [0.05, 0.1) is 12.6 Å². The van der Waals surface area contributed by atoms with Crippen molar-refractivity contribution in [1.82, 2.24) is 4.90 Å². The summed E-state index contributed by atoms with van der Waals surface area (Å²) in [7, 11) is 0. The molecule has 1 aromatic rings. The second-order valence-corrected chi connectivity index (χ2v) is 5.12. The summed E-state index contributed by atoms with van der Waals surface area (Å²) < 4.78 is 52.4. The average molecular weight is 306 g/mol. The van der Waals surface area contributed by atoms with E-state index in [9.17, 15) is 17.6 Å². The van der Waals surface area contributed by atoms with Crippen LogP contribution in [0.25, 0.3) is 0 Å². The van der Waals surface area contributed by atoms with Gasteiger partial charge in [-0.05, 0) is 25.5 Å². The Labute approximate surface area is 122 Å². The van der Waals surface area contributed by atoms with Gasteiger partial charge < -0.3 is 5.73 Å². The molecule has 0 aromatic heterocycles. The average Bonchev–Trinajstić information content (AvgIpc) is 2.39. The number of nitrogens with zero attached hydrogens (tertiary/aromatic N) is 1. The van der Waals surface area contributed by atoms with Crippen molar-refractivity contribution in [1.29, 1.82) is 0 Å². The fraction of sp³-hybridized carbons (Fsp3) is 0.600. The second kappa shape index (κ2) is 7.75. The molecule has 2 nitrogen and oxygen atoms in total. The number of benzene rings is 1. The van der Waals surface area contributed by atoms with Crippen LogP contribution in [0.3, 0.4) is 0 Å². The lowest BCUT2D eigenvalue weighted by Gasteiger charge is -2.36. The Morgan fingerprint density at radius 2 is 1.81 bits per heavy atom. The highest BCUT2D eigenvalue weighted by Crippen LogP contribution is 2.30. The molecule has 0 saturated carbocycles. The number of nitrogens with two attached hydrogens (primary N) is 1. The first-order valence-electron chi connectivity index (χ1n) is 7.11. The van der Waals surface area contributed by atoms with Gasteiger partial charge in [0.1, 0.15) is 5.82 Å². The maximum Gasteiger partial charge on any atom is 0.401 e.